The summed E-state index contributed by atoms with van der Waals surface area (Å²) in [5, 5.41) is 0. The van der Waals surface area contributed by atoms with Crippen molar-refractivity contribution in [1.82, 2.24) is 9.97 Å². The molecule has 180 valence electrons. The van der Waals surface area contributed by atoms with Gasteiger partial charge in [-0.2, -0.15) is 0 Å². The van der Waals surface area contributed by atoms with Gasteiger partial charge in [-0.05, 0) is 38.2 Å². The highest BCUT2D eigenvalue weighted by atomic mass is 16.5. The summed E-state index contributed by atoms with van der Waals surface area (Å²) in [6, 6.07) is 8.23. The Hall–Kier alpha value is -2.69. The van der Waals surface area contributed by atoms with E-state index >= 15 is 0 Å². The maximum atomic E-state index is 11.3. The second-order valence-electron chi connectivity index (χ2n) is 8.47. The fourth-order valence-corrected chi connectivity index (χ4v) is 3.46. The van der Waals surface area contributed by atoms with E-state index < -0.39 is 0 Å². The lowest BCUT2D eigenvalue weighted by molar-refractivity contribution is -0.148. The van der Waals surface area contributed by atoms with Crippen molar-refractivity contribution in [2.24, 2.45) is 0 Å². The zero-order chi connectivity index (χ0) is 23.7. The molecule has 5 nitrogen and oxygen atoms in total. The molecule has 2 aromatic rings. The van der Waals surface area contributed by atoms with Gasteiger partial charge in [-0.1, -0.05) is 82.4 Å². The molecule has 1 aromatic heterocycles. The number of aromatic nitrogens is 2. The third-order valence-corrected chi connectivity index (χ3v) is 5.48. The molecule has 0 radical (unpaired) electrons. The summed E-state index contributed by atoms with van der Waals surface area (Å²) in [5.74, 6) is 1.30. The summed E-state index contributed by atoms with van der Waals surface area (Å²) in [6.45, 7) is 6.72. The lowest BCUT2D eigenvalue weighted by Gasteiger charge is -2.11. The Morgan fingerprint density at radius 1 is 0.970 bits per heavy atom. The standard InChI is InChI=1S/C28H40N2O3/c1-4-6-7-8-9-13-20-32-26-21-29-28(30-22-26)25-18-16-24(17-19-25)15-12-10-11-14-23(3)33-27(31)5-2/h12,15-19,21-23H,4-11,13-14,20H2,1-3H3. The molecule has 0 N–H and O–H groups in total. The number of carbonyl (C=O) groups excluding carboxylic acids is 1. The normalized spacial score (nSPS) is 12.1. The fraction of sp³-hybridized carbons (Fsp3) is 0.536. The van der Waals surface area contributed by atoms with Gasteiger partial charge < -0.3 is 9.47 Å². The molecule has 1 unspecified atom stereocenters. The van der Waals surface area contributed by atoms with Crippen LogP contribution in [-0.4, -0.2) is 28.6 Å². The van der Waals surface area contributed by atoms with Crippen LogP contribution in [0, 0.1) is 0 Å². The third-order valence-electron chi connectivity index (χ3n) is 5.48. The van der Waals surface area contributed by atoms with Gasteiger partial charge in [0.15, 0.2) is 11.6 Å². The monoisotopic (exact) mass is 452 g/mol. The van der Waals surface area contributed by atoms with Crippen molar-refractivity contribution in [3.8, 4) is 17.1 Å². The van der Waals surface area contributed by atoms with E-state index in [0.29, 0.717) is 12.2 Å². The van der Waals surface area contributed by atoms with Crippen LogP contribution in [0.4, 0.5) is 0 Å². The molecule has 0 aliphatic heterocycles. The Morgan fingerprint density at radius 2 is 1.67 bits per heavy atom. The number of allylic oxidation sites excluding steroid dienone is 1. The van der Waals surface area contributed by atoms with Crippen LogP contribution in [-0.2, 0) is 9.53 Å². The molecule has 0 saturated heterocycles. The summed E-state index contributed by atoms with van der Waals surface area (Å²) in [5.41, 5.74) is 2.13. The average molecular weight is 453 g/mol. The molecule has 0 bridgehead atoms. The van der Waals surface area contributed by atoms with Crippen LogP contribution < -0.4 is 4.74 Å². The van der Waals surface area contributed by atoms with Crippen LogP contribution in [0.25, 0.3) is 17.5 Å². The Morgan fingerprint density at radius 3 is 2.36 bits per heavy atom. The van der Waals surface area contributed by atoms with Gasteiger partial charge in [0, 0.05) is 12.0 Å². The minimum atomic E-state index is -0.127. The van der Waals surface area contributed by atoms with Crippen LogP contribution in [0.5, 0.6) is 5.75 Å². The first-order valence-electron chi connectivity index (χ1n) is 12.5. The molecule has 0 aliphatic rings. The molecule has 5 heteroatoms. The molecule has 0 aliphatic carbocycles. The second kappa shape index (κ2) is 16.0. The molecular weight excluding hydrogens is 412 g/mol. The van der Waals surface area contributed by atoms with E-state index in [2.05, 4.69) is 41.2 Å². The lowest BCUT2D eigenvalue weighted by atomic mass is 10.1. The highest BCUT2D eigenvalue weighted by Crippen LogP contribution is 2.18. The molecule has 1 aromatic carbocycles. The van der Waals surface area contributed by atoms with E-state index in [-0.39, 0.29) is 12.1 Å². The van der Waals surface area contributed by atoms with E-state index in [1.807, 2.05) is 26.0 Å². The Balaban J connectivity index is 1.70. The van der Waals surface area contributed by atoms with Crippen molar-refractivity contribution in [3.63, 3.8) is 0 Å². The van der Waals surface area contributed by atoms with E-state index in [9.17, 15) is 4.79 Å². The molecule has 0 fully saturated rings. The summed E-state index contributed by atoms with van der Waals surface area (Å²) >= 11 is 0. The third kappa shape index (κ3) is 11.1. The zero-order valence-electron chi connectivity index (χ0n) is 20.6. The van der Waals surface area contributed by atoms with Gasteiger partial charge in [0.1, 0.15) is 0 Å². The van der Waals surface area contributed by atoms with E-state index in [4.69, 9.17) is 9.47 Å². The smallest absolute Gasteiger partial charge is 0.305 e. The fourth-order valence-electron chi connectivity index (χ4n) is 3.46. The summed E-state index contributed by atoms with van der Waals surface area (Å²) in [7, 11) is 0. The molecule has 1 heterocycles. The Labute approximate surface area is 199 Å². The second-order valence-corrected chi connectivity index (χ2v) is 8.47. The van der Waals surface area contributed by atoms with Crippen molar-refractivity contribution < 1.29 is 14.3 Å². The van der Waals surface area contributed by atoms with E-state index in [1.165, 1.54) is 32.1 Å². The van der Waals surface area contributed by atoms with Crippen LogP contribution >= 0.6 is 0 Å². The average Bonchev–Trinajstić information content (AvgIpc) is 2.84. The van der Waals surface area contributed by atoms with Crippen molar-refractivity contribution in [2.75, 3.05) is 6.61 Å². The first-order valence-corrected chi connectivity index (χ1v) is 12.5. The number of ether oxygens (including phenoxy) is 2. The number of hydrogen-bond acceptors (Lipinski definition) is 5. The minimum Gasteiger partial charge on any atom is -0.490 e. The van der Waals surface area contributed by atoms with Crippen molar-refractivity contribution in [3.05, 3.63) is 48.3 Å². The van der Waals surface area contributed by atoms with E-state index in [0.717, 1.165) is 49.2 Å². The van der Waals surface area contributed by atoms with E-state index in [1.54, 1.807) is 12.4 Å². The number of carbonyl (C=O) groups is 1. The summed E-state index contributed by atoms with van der Waals surface area (Å²) < 4.78 is 11.1. The van der Waals surface area contributed by atoms with Gasteiger partial charge >= 0.3 is 5.97 Å². The minimum absolute atomic E-state index is 0.0162. The van der Waals surface area contributed by atoms with Crippen molar-refractivity contribution in [2.45, 2.75) is 91.1 Å². The number of hydrogen-bond donors (Lipinski definition) is 0. The van der Waals surface area contributed by atoms with Crippen LogP contribution in [0.3, 0.4) is 0 Å². The molecular formula is C28H40N2O3. The number of rotatable bonds is 16. The number of unbranched alkanes of at least 4 members (excludes halogenated alkanes) is 6. The molecule has 2 rings (SSSR count). The molecule has 33 heavy (non-hydrogen) atoms. The van der Waals surface area contributed by atoms with Gasteiger partial charge in [0.2, 0.25) is 0 Å². The Kier molecular flexibility index (Phi) is 12.9. The number of esters is 1. The van der Waals surface area contributed by atoms with Crippen LogP contribution in [0.2, 0.25) is 0 Å². The summed E-state index contributed by atoms with van der Waals surface area (Å²) in [4.78, 5) is 20.2. The molecule has 1 atom stereocenters. The summed E-state index contributed by atoms with van der Waals surface area (Å²) in [6.07, 6.45) is 18.5. The molecule has 0 saturated carbocycles. The predicted octanol–water partition coefficient (Wildman–Crippen LogP) is 7.41. The number of nitrogens with zero attached hydrogens (tertiary/aromatic N) is 2. The highest BCUT2D eigenvalue weighted by Gasteiger charge is 2.06. The quantitative estimate of drug-likeness (QED) is 0.196. The maximum absolute atomic E-state index is 11.3. The SMILES string of the molecule is CCCCCCCCOc1cnc(-c2ccc(C=CCCCC(C)OC(=O)CC)cc2)nc1. The maximum Gasteiger partial charge on any atom is 0.305 e. The van der Waals surface area contributed by atoms with Crippen molar-refractivity contribution in [1.29, 1.82) is 0 Å². The number of benzene rings is 1. The van der Waals surface area contributed by atoms with Gasteiger partial charge in [0.05, 0.1) is 25.1 Å². The first kappa shape index (κ1) is 26.6. The largest absolute Gasteiger partial charge is 0.490 e. The molecule has 0 spiro atoms. The van der Waals surface area contributed by atoms with Crippen LogP contribution in [0.15, 0.2) is 42.7 Å². The Bertz CT molecular complexity index is 816. The van der Waals surface area contributed by atoms with Gasteiger partial charge in [-0.25, -0.2) is 9.97 Å². The molecule has 0 amide bonds. The van der Waals surface area contributed by atoms with Gasteiger partial charge in [-0.3, -0.25) is 4.79 Å². The van der Waals surface area contributed by atoms with Crippen molar-refractivity contribution >= 4 is 12.0 Å². The first-order chi connectivity index (χ1) is 16.1. The van der Waals surface area contributed by atoms with Crippen LogP contribution in [0.1, 0.15) is 90.5 Å². The topological polar surface area (TPSA) is 61.3 Å². The zero-order valence-corrected chi connectivity index (χ0v) is 20.6. The lowest BCUT2D eigenvalue weighted by Crippen LogP contribution is -2.13. The highest BCUT2D eigenvalue weighted by molar-refractivity contribution is 5.69. The predicted molar refractivity (Wildman–Crippen MR) is 135 cm³/mol. The van der Waals surface area contributed by atoms with Gasteiger partial charge in [-0.15, -0.1) is 0 Å². The van der Waals surface area contributed by atoms with Gasteiger partial charge in [0.25, 0.3) is 0 Å².